The zero-order chi connectivity index (χ0) is 13.9. The van der Waals surface area contributed by atoms with Crippen LogP contribution in [-0.4, -0.2) is 45.5 Å². The summed E-state index contributed by atoms with van der Waals surface area (Å²) < 4.78 is 15.3. The lowest BCUT2D eigenvalue weighted by Gasteiger charge is -2.17. The molecule has 0 aliphatic heterocycles. The maximum absolute atomic E-state index is 11.8. The zero-order valence-corrected chi connectivity index (χ0v) is 12.2. The smallest absolute Gasteiger partial charge is 0.325 e. The number of ether oxygens (including phenoxy) is 3. The average molecular weight is 287 g/mol. The molecule has 0 amide bonds. The summed E-state index contributed by atoms with van der Waals surface area (Å²) >= 11 is 1.65. The van der Waals surface area contributed by atoms with Gasteiger partial charge in [0, 0.05) is 18.5 Å². The van der Waals surface area contributed by atoms with Crippen LogP contribution in [0.15, 0.2) is 17.5 Å². The van der Waals surface area contributed by atoms with Crippen LogP contribution in [0.2, 0.25) is 0 Å². The Hall–Kier alpha value is -0.950. The number of nitrogens with one attached hydrogen (secondary N) is 1. The van der Waals surface area contributed by atoms with E-state index in [1.807, 2.05) is 17.5 Å². The number of hydrogen-bond acceptors (Lipinski definition) is 6. The molecule has 0 saturated heterocycles. The van der Waals surface area contributed by atoms with E-state index < -0.39 is 6.04 Å². The first-order valence-electron chi connectivity index (χ1n) is 6.27. The zero-order valence-electron chi connectivity index (χ0n) is 11.4. The first-order chi connectivity index (χ1) is 9.27. The topological polar surface area (TPSA) is 56.8 Å². The summed E-state index contributed by atoms with van der Waals surface area (Å²) in [6.07, 6.45) is 0. The van der Waals surface area contributed by atoms with Crippen molar-refractivity contribution in [2.24, 2.45) is 0 Å². The Morgan fingerprint density at radius 1 is 1.47 bits per heavy atom. The van der Waals surface area contributed by atoms with Crippen molar-refractivity contribution in [3.8, 4) is 0 Å². The molecule has 1 N–H and O–H groups in total. The Morgan fingerprint density at radius 2 is 2.32 bits per heavy atom. The molecule has 0 aromatic carbocycles. The van der Waals surface area contributed by atoms with E-state index in [-0.39, 0.29) is 12.6 Å². The molecular formula is C13H21NO4S. The first kappa shape index (κ1) is 16.1. The minimum atomic E-state index is -0.445. The molecule has 0 spiro atoms. The van der Waals surface area contributed by atoms with Gasteiger partial charge in [0.2, 0.25) is 0 Å². The molecule has 1 rings (SSSR count). The molecule has 5 nitrogen and oxygen atoms in total. The van der Waals surface area contributed by atoms with Gasteiger partial charge in [-0.3, -0.25) is 10.1 Å². The Balaban J connectivity index is 2.37. The van der Waals surface area contributed by atoms with Gasteiger partial charge in [-0.1, -0.05) is 6.07 Å². The maximum Gasteiger partial charge on any atom is 0.325 e. The summed E-state index contributed by atoms with van der Waals surface area (Å²) in [5, 5.41) is 5.16. The number of carbonyl (C=O) groups excluding carboxylic acids is 1. The molecule has 19 heavy (non-hydrogen) atoms. The van der Waals surface area contributed by atoms with Crippen molar-refractivity contribution in [1.29, 1.82) is 0 Å². The fourth-order valence-corrected chi connectivity index (χ4v) is 2.09. The largest absolute Gasteiger partial charge is 0.465 e. The van der Waals surface area contributed by atoms with E-state index in [9.17, 15) is 4.79 Å². The van der Waals surface area contributed by atoms with E-state index in [1.165, 1.54) is 4.88 Å². The molecule has 6 heteroatoms. The Morgan fingerprint density at radius 3 is 2.95 bits per heavy atom. The van der Waals surface area contributed by atoms with Crippen LogP contribution in [0, 0.1) is 0 Å². The molecule has 1 atom stereocenters. The average Bonchev–Trinajstić information content (AvgIpc) is 2.91. The Labute approximate surface area is 117 Å². The molecule has 108 valence electrons. The van der Waals surface area contributed by atoms with Gasteiger partial charge in [-0.15, -0.1) is 11.3 Å². The third-order valence-corrected chi connectivity index (χ3v) is 3.27. The third kappa shape index (κ3) is 6.68. The van der Waals surface area contributed by atoms with Crippen molar-refractivity contribution in [2.75, 3.05) is 33.5 Å². The third-order valence-electron chi connectivity index (χ3n) is 2.39. The normalized spacial score (nSPS) is 12.3. The van der Waals surface area contributed by atoms with Crippen LogP contribution < -0.4 is 5.32 Å². The molecule has 0 aliphatic carbocycles. The van der Waals surface area contributed by atoms with Gasteiger partial charge in [0.25, 0.3) is 0 Å². The summed E-state index contributed by atoms with van der Waals surface area (Å²) in [7, 11) is 1.61. The Bertz CT molecular complexity index is 342. The van der Waals surface area contributed by atoms with Gasteiger partial charge >= 0.3 is 5.97 Å². The SMILES string of the molecule is CCOC(=O)C(COCCOC)NCc1cccs1. The van der Waals surface area contributed by atoms with Crippen LogP contribution in [0.5, 0.6) is 0 Å². The maximum atomic E-state index is 11.8. The van der Waals surface area contributed by atoms with Crippen LogP contribution in [-0.2, 0) is 25.5 Å². The van der Waals surface area contributed by atoms with Crippen LogP contribution in [0.25, 0.3) is 0 Å². The quantitative estimate of drug-likeness (QED) is 0.521. The molecule has 0 saturated carbocycles. The molecule has 0 radical (unpaired) electrons. The van der Waals surface area contributed by atoms with Crippen molar-refractivity contribution in [1.82, 2.24) is 5.32 Å². The number of hydrogen-bond donors (Lipinski definition) is 1. The minimum Gasteiger partial charge on any atom is -0.465 e. The number of methoxy groups -OCH3 is 1. The van der Waals surface area contributed by atoms with Crippen LogP contribution in [0.1, 0.15) is 11.8 Å². The Kier molecular flexibility index (Phi) is 8.40. The van der Waals surface area contributed by atoms with Gasteiger partial charge in [-0.05, 0) is 18.4 Å². The first-order valence-corrected chi connectivity index (χ1v) is 7.15. The molecule has 0 aliphatic rings. The minimum absolute atomic E-state index is 0.281. The van der Waals surface area contributed by atoms with Gasteiger partial charge in [0.1, 0.15) is 6.04 Å². The second-order valence-electron chi connectivity index (χ2n) is 3.83. The fraction of sp³-hybridized carbons (Fsp3) is 0.615. The van der Waals surface area contributed by atoms with Gasteiger partial charge in [0.15, 0.2) is 0 Å². The predicted octanol–water partition coefficient (Wildman–Crippen LogP) is 1.43. The van der Waals surface area contributed by atoms with Crippen molar-refractivity contribution >= 4 is 17.3 Å². The molecule has 0 fully saturated rings. The van der Waals surface area contributed by atoms with E-state index in [0.29, 0.717) is 26.4 Å². The fourth-order valence-electron chi connectivity index (χ4n) is 1.43. The van der Waals surface area contributed by atoms with Gasteiger partial charge < -0.3 is 14.2 Å². The standard InChI is InChI=1S/C13H21NO4S/c1-3-18-13(15)12(10-17-7-6-16-2)14-9-11-5-4-8-19-11/h4-5,8,12,14H,3,6-7,9-10H2,1-2H3. The lowest BCUT2D eigenvalue weighted by molar-refractivity contribution is -0.147. The van der Waals surface area contributed by atoms with Crippen LogP contribution >= 0.6 is 11.3 Å². The van der Waals surface area contributed by atoms with Crippen LogP contribution in [0.4, 0.5) is 0 Å². The highest BCUT2D eigenvalue weighted by atomic mass is 32.1. The van der Waals surface area contributed by atoms with Gasteiger partial charge in [0.05, 0.1) is 26.4 Å². The lowest BCUT2D eigenvalue weighted by atomic mass is 10.3. The predicted molar refractivity (Wildman–Crippen MR) is 74.3 cm³/mol. The van der Waals surface area contributed by atoms with Gasteiger partial charge in [-0.25, -0.2) is 0 Å². The van der Waals surface area contributed by atoms with Crippen molar-refractivity contribution in [3.05, 3.63) is 22.4 Å². The van der Waals surface area contributed by atoms with E-state index in [0.717, 1.165) is 0 Å². The molecule has 1 unspecified atom stereocenters. The van der Waals surface area contributed by atoms with Gasteiger partial charge in [-0.2, -0.15) is 0 Å². The number of thiophene rings is 1. The highest BCUT2D eigenvalue weighted by Crippen LogP contribution is 2.08. The molecule has 0 bridgehead atoms. The summed E-state index contributed by atoms with van der Waals surface area (Å²) in [6, 6.07) is 3.56. The van der Waals surface area contributed by atoms with Crippen molar-refractivity contribution in [3.63, 3.8) is 0 Å². The highest BCUT2D eigenvalue weighted by Gasteiger charge is 2.19. The number of rotatable bonds is 10. The highest BCUT2D eigenvalue weighted by molar-refractivity contribution is 7.09. The molecule has 1 aromatic heterocycles. The molecular weight excluding hydrogens is 266 g/mol. The molecule has 1 aromatic rings. The number of esters is 1. The summed E-state index contributed by atoms with van der Waals surface area (Å²) in [6.45, 7) is 4.06. The van der Waals surface area contributed by atoms with Crippen molar-refractivity contribution in [2.45, 2.75) is 19.5 Å². The molecule has 1 heterocycles. The van der Waals surface area contributed by atoms with E-state index >= 15 is 0 Å². The van der Waals surface area contributed by atoms with Crippen molar-refractivity contribution < 1.29 is 19.0 Å². The number of carbonyl (C=O) groups is 1. The van der Waals surface area contributed by atoms with E-state index in [1.54, 1.807) is 25.4 Å². The monoisotopic (exact) mass is 287 g/mol. The summed E-state index contributed by atoms with van der Waals surface area (Å²) in [5.41, 5.74) is 0. The van der Waals surface area contributed by atoms with Crippen LogP contribution in [0.3, 0.4) is 0 Å². The lowest BCUT2D eigenvalue weighted by Crippen LogP contribution is -2.41. The second-order valence-corrected chi connectivity index (χ2v) is 4.86. The summed E-state index contributed by atoms with van der Waals surface area (Å²) in [4.78, 5) is 12.9. The summed E-state index contributed by atoms with van der Waals surface area (Å²) in [5.74, 6) is -0.281. The van der Waals surface area contributed by atoms with E-state index in [4.69, 9.17) is 14.2 Å². The van der Waals surface area contributed by atoms with E-state index in [2.05, 4.69) is 5.32 Å². The second kappa shape index (κ2) is 9.91.